The predicted molar refractivity (Wildman–Crippen MR) is 46.4 cm³/mol. The molecule has 6 heteroatoms. The van der Waals surface area contributed by atoms with Gasteiger partial charge in [-0.15, -0.1) is 0 Å². The maximum absolute atomic E-state index is 11.1. The molecule has 0 bridgehead atoms. The number of thioether (sulfide) groups is 1. The van der Waals surface area contributed by atoms with E-state index in [1.165, 1.54) is 0 Å². The third kappa shape index (κ3) is 1.70. The molecule has 3 amide bonds. The Morgan fingerprint density at radius 3 is 2.75 bits per heavy atom. The quantitative estimate of drug-likeness (QED) is 0.357. The Morgan fingerprint density at radius 1 is 1.67 bits per heavy atom. The highest BCUT2D eigenvalue weighted by Crippen LogP contribution is 2.08. The van der Waals surface area contributed by atoms with Gasteiger partial charge in [-0.1, -0.05) is 0 Å². The van der Waals surface area contributed by atoms with Gasteiger partial charge in [-0.2, -0.15) is 16.8 Å². The normalized spacial score (nSPS) is 23.2. The molecule has 1 rings (SSSR count). The fraction of sp³-hybridized carbons (Fsp3) is 0.667. The Balaban J connectivity index is 2.47. The second-order valence-corrected chi connectivity index (χ2v) is 3.48. The second kappa shape index (κ2) is 3.77. The van der Waals surface area contributed by atoms with E-state index in [4.69, 9.17) is 5.84 Å². The molecule has 1 fully saturated rings. The molecule has 0 aromatic heterocycles. The van der Waals surface area contributed by atoms with Crippen LogP contribution in [-0.4, -0.2) is 35.0 Å². The molecule has 0 aromatic carbocycles. The number of nitrogens with zero attached hydrogens (tertiary/aromatic N) is 1. The fourth-order valence-corrected chi connectivity index (χ4v) is 1.45. The van der Waals surface area contributed by atoms with Crippen molar-refractivity contribution >= 4 is 23.7 Å². The summed E-state index contributed by atoms with van der Waals surface area (Å²) in [7, 11) is 0. The summed E-state index contributed by atoms with van der Waals surface area (Å²) < 4.78 is 0. The molecule has 68 valence electrons. The molecule has 3 N–H and O–H groups in total. The van der Waals surface area contributed by atoms with E-state index in [2.05, 4.69) is 5.32 Å². The van der Waals surface area contributed by atoms with Crippen molar-refractivity contribution in [3.8, 4) is 0 Å². The molecule has 0 radical (unpaired) electrons. The molecular weight excluding hydrogens is 178 g/mol. The molecule has 1 atom stereocenters. The maximum Gasteiger partial charge on any atom is 0.339 e. The fourth-order valence-electron chi connectivity index (χ4n) is 0.980. The molecule has 5 nitrogen and oxygen atoms in total. The number of imide groups is 1. The Bertz CT molecular complexity index is 209. The van der Waals surface area contributed by atoms with Crippen LogP contribution >= 0.6 is 11.8 Å². The lowest BCUT2D eigenvalue weighted by molar-refractivity contribution is -0.127. The van der Waals surface area contributed by atoms with E-state index in [1.54, 1.807) is 11.8 Å². The standard InChI is InChI=1S/C6H11N3O2S/c1-12-3-2-4-5(10)9(7)6(11)8-4/h4H,2-3,7H2,1H3,(H,8,11). The number of nitrogens with one attached hydrogen (secondary N) is 1. The van der Waals surface area contributed by atoms with Crippen molar-refractivity contribution < 1.29 is 9.59 Å². The van der Waals surface area contributed by atoms with Crippen molar-refractivity contribution in [2.75, 3.05) is 12.0 Å². The summed E-state index contributed by atoms with van der Waals surface area (Å²) in [5.41, 5.74) is 0. The van der Waals surface area contributed by atoms with Gasteiger partial charge in [0, 0.05) is 0 Å². The van der Waals surface area contributed by atoms with E-state index < -0.39 is 12.1 Å². The zero-order valence-electron chi connectivity index (χ0n) is 6.74. The van der Waals surface area contributed by atoms with Gasteiger partial charge in [0.15, 0.2) is 0 Å². The first kappa shape index (κ1) is 9.34. The first-order valence-electron chi connectivity index (χ1n) is 3.55. The Morgan fingerprint density at radius 2 is 2.33 bits per heavy atom. The number of urea groups is 1. The molecular formula is C6H11N3O2S. The predicted octanol–water partition coefficient (Wildman–Crippen LogP) is -0.466. The van der Waals surface area contributed by atoms with Crippen molar-refractivity contribution in [1.29, 1.82) is 0 Å². The van der Waals surface area contributed by atoms with E-state index in [9.17, 15) is 9.59 Å². The first-order valence-corrected chi connectivity index (χ1v) is 4.94. The summed E-state index contributed by atoms with van der Waals surface area (Å²) in [6.07, 6.45) is 2.58. The van der Waals surface area contributed by atoms with Gasteiger partial charge < -0.3 is 5.32 Å². The maximum atomic E-state index is 11.1. The van der Waals surface area contributed by atoms with Gasteiger partial charge in [0.25, 0.3) is 5.91 Å². The van der Waals surface area contributed by atoms with Gasteiger partial charge in [0.05, 0.1) is 0 Å². The lowest BCUT2D eigenvalue weighted by Crippen LogP contribution is -2.37. The SMILES string of the molecule is CSCCC1NC(=O)N(N)C1=O. The minimum Gasteiger partial charge on any atom is -0.325 e. The highest BCUT2D eigenvalue weighted by atomic mass is 32.2. The zero-order chi connectivity index (χ0) is 9.14. The van der Waals surface area contributed by atoms with Crippen LogP contribution in [0.3, 0.4) is 0 Å². The van der Waals surface area contributed by atoms with E-state index in [0.29, 0.717) is 11.4 Å². The van der Waals surface area contributed by atoms with Gasteiger partial charge in [-0.05, 0) is 18.4 Å². The largest absolute Gasteiger partial charge is 0.339 e. The van der Waals surface area contributed by atoms with Crippen molar-refractivity contribution in [1.82, 2.24) is 10.3 Å². The Kier molecular flexibility index (Phi) is 2.93. The molecule has 0 saturated carbocycles. The molecule has 0 spiro atoms. The van der Waals surface area contributed by atoms with Crippen LogP contribution in [0.2, 0.25) is 0 Å². The molecule has 0 aliphatic carbocycles. The first-order chi connectivity index (χ1) is 5.66. The van der Waals surface area contributed by atoms with Crippen LogP contribution in [0.5, 0.6) is 0 Å². The molecule has 1 aliphatic heterocycles. The summed E-state index contributed by atoms with van der Waals surface area (Å²) in [6.45, 7) is 0. The number of hydrazine groups is 1. The van der Waals surface area contributed by atoms with Crippen LogP contribution in [0.25, 0.3) is 0 Å². The van der Waals surface area contributed by atoms with Crippen molar-refractivity contribution in [3.63, 3.8) is 0 Å². The van der Waals surface area contributed by atoms with Gasteiger partial charge in [0.1, 0.15) is 6.04 Å². The number of hydrogen-bond acceptors (Lipinski definition) is 4. The number of carbonyl (C=O) groups is 2. The van der Waals surface area contributed by atoms with E-state index in [1.807, 2.05) is 6.26 Å². The Labute approximate surface area is 74.6 Å². The Hall–Kier alpha value is -0.750. The van der Waals surface area contributed by atoms with Gasteiger partial charge in [0.2, 0.25) is 0 Å². The minimum atomic E-state index is -0.508. The summed E-state index contributed by atoms with van der Waals surface area (Å²) >= 11 is 1.63. The molecule has 1 heterocycles. The molecule has 12 heavy (non-hydrogen) atoms. The van der Waals surface area contributed by atoms with E-state index >= 15 is 0 Å². The second-order valence-electron chi connectivity index (χ2n) is 2.49. The van der Waals surface area contributed by atoms with Crippen molar-refractivity contribution in [3.05, 3.63) is 0 Å². The van der Waals surface area contributed by atoms with Gasteiger partial charge in [-0.25, -0.2) is 10.6 Å². The van der Waals surface area contributed by atoms with Crippen LogP contribution < -0.4 is 11.2 Å². The van der Waals surface area contributed by atoms with Gasteiger partial charge >= 0.3 is 6.03 Å². The number of amides is 3. The van der Waals surface area contributed by atoms with Crippen LogP contribution in [-0.2, 0) is 4.79 Å². The van der Waals surface area contributed by atoms with Crippen LogP contribution in [0.4, 0.5) is 4.79 Å². The smallest absolute Gasteiger partial charge is 0.325 e. The average molecular weight is 189 g/mol. The van der Waals surface area contributed by atoms with Crippen molar-refractivity contribution in [2.45, 2.75) is 12.5 Å². The number of carbonyl (C=O) groups excluding carboxylic acids is 2. The average Bonchev–Trinajstić information content (AvgIpc) is 2.30. The lowest BCUT2D eigenvalue weighted by Gasteiger charge is -2.05. The van der Waals surface area contributed by atoms with E-state index in [0.717, 1.165) is 5.75 Å². The zero-order valence-corrected chi connectivity index (χ0v) is 7.56. The summed E-state index contributed by atoms with van der Waals surface area (Å²) in [6, 6.07) is -0.930. The van der Waals surface area contributed by atoms with Crippen molar-refractivity contribution in [2.24, 2.45) is 5.84 Å². The monoisotopic (exact) mass is 189 g/mol. The van der Waals surface area contributed by atoms with Crippen LogP contribution in [0, 0.1) is 0 Å². The molecule has 1 saturated heterocycles. The highest BCUT2D eigenvalue weighted by Gasteiger charge is 2.35. The minimum absolute atomic E-state index is 0.339. The summed E-state index contributed by atoms with van der Waals surface area (Å²) in [4.78, 5) is 22.0. The number of hydrogen-bond donors (Lipinski definition) is 2. The topological polar surface area (TPSA) is 75.4 Å². The molecule has 0 aromatic rings. The third-order valence-corrected chi connectivity index (χ3v) is 2.31. The molecule has 1 aliphatic rings. The summed E-state index contributed by atoms with van der Waals surface area (Å²) in [5.74, 6) is 5.65. The number of nitrogens with two attached hydrogens (primary N) is 1. The third-order valence-electron chi connectivity index (χ3n) is 1.66. The van der Waals surface area contributed by atoms with Gasteiger partial charge in [-0.3, -0.25) is 4.79 Å². The summed E-state index contributed by atoms with van der Waals surface area (Å²) in [5, 5.41) is 3.12. The number of rotatable bonds is 3. The van der Waals surface area contributed by atoms with Crippen LogP contribution in [0.1, 0.15) is 6.42 Å². The van der Waals surface area contributed by atoms with E-state index in [-0.39, 0.29) is 5.91 Å². The highest BCUT2D eigenvalue weighted by molar-refractivity contribution is 7.98. The van der Waals surface area contributed by atoms with Crippen LogP contribution in [0.15, 0.2) is 0 Å². The lowest BCUT2D eigenvalue weighted by atomic mass is 10.2. The molecule has 1 unspecified atom stereocenters.